The van der Waals surface area contributed by atoms with Crippen LogP contribution in [0.4, 0.5) is 4.79 Å². The number of ether oxygens (including phenoxy) is 2. The van der Waals surface area contributed by atoms with Gasteiger partial charge in [-0.25, -0.2) is 4.79 Å². The highest BCUT2D eigenvalue weighted by Gasteiger charge is 2.13. The van der Waals surface area contributed by atoms with Crippen molar-refractivity contribution in [2.45, 2.75) is 0 Å². The molecule has 0 radical (unpaired) electrons. The number of likely N-dealkylation sites (N-methyl/N-ethyl adjacent to an activating group) is 1. The number of methoxy groups -OCH3 is 1. The Morgan fingerprint density at radius 3 is 2.62 bits per heavy atom. The van der Waals surface area contributed by atoms with Gasteiger partial charge in [-0.15, -0.1) is 0 Å². The summed E-state index contributed by atoms with van der Waals surface area (Å²) in [6, 6.07) is 0. The Bertz CT molecular complexity index is 222. The van der Waals surface area contributed by atoms with Gasteiger partial charge in [0, 0.05) is 20.7 Å². The van der Waals surface area contributed by atoms with Gasteiger partial charge in [0.15, 0.2) is 0 Å². The standard InChI is InChI=1S/C9H18N2O5/c1-11(9(14)16-6-4-12)7-8(13)10-3-5-15-2/h12H,3-7H2,1-2H3,(H,10,13). The maximum Gasteiger partial charge on any atom is 0.410 e. The van der Waals surface area contributed by atoms with Crippen LogP contribution in [0.15, 0.2) is 0 Å². The van der Waals surface area contributed by atoms with Crippen LogP contribution in [-0.2, 0) is 14.3 Å². The Morgan fingerprint density at radius 2 is 2.06 bits per heavy atom. The average molecular weight is 234 g/mol. The summed E-state index contributed by atoms with van der Waals surface area (Å²) >= 11 is 0. The molecule has 0 fully saturated rings. The van der Waals surface area contributed by atoms with Crippen LogP contribution in [-0.4, -0.2) is 69.1 Å². The van der Waals surface area contributed by atoms with Gasteiger partial charge < -0.3 is 24.8 Å². The molecule has 0 spiro atoms. The molecule has 0 saturated carbocycles. The maximum absolute atomic E-state index is 11.2. The first-order valence-electron chi connectivity index (χ1n) is 4.86. The van der Waals surface area contributed by atoms with Gasteiger partial charge in [-0.2, -0.15) is 0 Å². The molecule has 7 heteroatoms. The van der Waals surface area contributed by atoms with E-state index in [9.17, 15) is 9.59 Å². The zero-order valence-electron chi connectivity index (χ0n) is 9.56. The molecule has 0 aromatic carbocycles. The summed E-state index contributed by atoms with van der Waals surface area (Å²) in [5, 5.41) is 11.0. The second-order valence-corrected chi connectivity index (χ2v) is 3.04. The minimum absolute atomic E-state index is 0.0749. The molecule has 0 aliphatic carbocycles. The molecule has 0 unspecified atom stereocenters. The van der Waals surface area contributed by atoms with Crippen LogP contribution in [0.3, 0.4) is 0 Å². The van der Waals surface area contributed by atoms with Crippen molar-refractivity contribution in [1.82, 2.24) is 10.2 Å². The maximum atomic E-state index is 11.2. The van der Waals surface area contributed by atoms with E-state index in [1.54, 1.807) is 0 Å². The zero-order chi connectivity index (χ0) is 12.4. The van der Waals surface area contributed by atoms with Crippen LogP contribution in [0, 0.1) is 0 Å². The van der Waals surface area contributed by atoms with Gasteiger partial charge in [0.25, 0.3) is 0 Å². The van der Waals surface area contributed by atoms with Gasteiger partial charge in [0.05, 0.1) is 13.2 Å². The van der Waals surface area contributed by atoms with Crippen LogP contribution in [0.5, 0.6) is 0 Å². The number of rotatable bonds is 7. The van der Waals surface area contributed by atoms with Crippen molar-refractivity contribution in [1.29, 1.82) is 0 Å². The number of hydrogen-bond acceptors (Lipinski definition) is 5. The Labute approximate surface area is 94.3 Å². The highest BCUT2D eigenvalue weighted by atomic mass is 16.6. The highest BCUT2D eigenvalue weighted by molar-refractivity contribution is 5.82. The summed E-state index contributed by atoms with van der Waals surface area (Å²) in [4.78, 5) is 23.5. The van der Waals surface area contributed by atoms with Crippen LogP contribution < -0.4 is 5.32 Å². The van der Waals surface area contributed by atoms with Gasteiger partial charge in [-0.05, 0) is 0 Å². The second-order valence-electron chi connectivity index (χ2n) is 3.04. The molecule has 7 nitrogen and oxygen atoms in total. The average Bonchev–Trinajstić information content (AvgIpc) is 2.26. The van der Waals surface area contributed by atoms with E-state index < -0.39 is 6.09 Å². The summed E-state index contributed by atoms with van der Waals surface area (Å²) in [5.74, 6) is -0.291. The lowest BCUT2D eigenvalue weighted by molar-refractivity contribution is -0.121. The molecular formula is C9H18N2O5. The number of nitrogens with zero attached hydrogens (tertiary/aromatic N) is 1. The minimum atomic E-state index is -0.643. The van der Waals surface area contributed by atoms with E-state index in [-0.39, 0.29) is 25.7 Å². The number of hydrogen-bond donors (Lipinski definition) is 2. The predicted octanol–water partition coefficient (Wildman–Crippen LogP) is -1.19. The van der Waals surface area contributed by atoms with Crippen molar-refractivity contribution in [2.24, 2.45) is 0 Å². The summed E-state index contributed by atoms with van der Waals surface area (Å²) < 4.78 is 9.36. The van der Waals surface area contributed by atoms with E-state index in [4.69, 9.17) is 9.84 Å². The fraction of sp³-hybridized carbons (Fsp3) is 0.778. The Kier molecular flexibility index (Phi) is 8.18. The first-order valence-corrected chi connectivity index (χ1v) is 4.86. The zero-order valence-corrected chi connectivity index (χ0v) is 9.56. The van der Waals surface area contributed by atoms with E-state index in [0.717, 1.165) is 4.90 Å². The first kappa shape index (κ1) is 14.7. The van der Waals surface area contributed by atoms with Crippen LogP contribution >= 0.6 is 0 Å². The van der Waals surface area contributed by atoms with Crippen molar-refractivity contribution in [3.63, 3.8) is 0 Å². The van der Waals surface area contributed by atoms with Crippen molar-refractivity contribution in [3.8, 4) is 0 Å². The number of aliphatic hydroxyl groups excluding tert-OH is 1. The van der Waals surface area contributed by atoms with Gasteiger partial charge in [-0.1, -0.05) is 0 Å². The SMILES string of the molecule is COCCNC(=O)CN(C)C(=O)OCCO. The minimum Gasteiger partial charge on any atom is -0.447 e. The summed E-state index contributed by atoms with van der Waals surface area (Å²) in [7, 11) is 2.97. The van der Waals surface area contributed by atoms with Crippen LogP contribution in [0.25, 0.3) is 0 Å². The van der Waals surface area contributed by atoms with E-state index in [0.29, 0.717) is 13.2 Å². The number of aliphatic hydroxyl groups is 1. The normalized spacial score (nSPS) is 9.69. The molecule has 2 N–H and O–H groups in total. The van der Waals surface area contributed by atoms with Crippen molar-refractivity contribution < 1.29 is 24.2 Å². The highest BCUT2D eigenvalue weighted by Crippen LogP contribution is 1.89. The van der Waals surface area contributed by atoms with Crippen LogP contribution in [0.1, 0.15) is 0 Å². The second kappa shape index (κ2) is 8.93. The predicted molar refractivity (Wildman–Crippen MR) is 55.9 cm³/mol. The third kappa shape index (κ3) is 7.02. The fourth-order valence-electron chi connectivity index (χ4n) is 0.872. The molecular weight excluding hydrogens is 216 g/mol. The molecule has 0 bridgehead atoms. The molecule has 2 amide bonds. The number of carbonyl (C=O) groups excluding carboxylic acids is 2. The molecule has 0 aliphatic rings. The summed E-state index contributed by atoms with van der Waals surface area (Å²) in [6.45, 7) is 0.418. The van der Waals surface area contributed by atoms with E-state index in [1.165, 1.54) is 14.2 Å². The molecule has 0 rings (SSSR count). The number of amides is 2. The quantitative estimate of drug-likeness (QED) is 0.541. The van der Waals surface area contributed by atoms with Crippen molar-refractivity contribution in [2.75, 3.05) is 47.1 Å². The van der Waals surface area contributed by atoms with E-state index in [1.807, 2.05) is 0 Å². The van der Waals surface area contributed by atoms with Crippen LogP contribution in [0.2, 0.25) is 0 Å². The topological polar surface area (TPSA) is 88.1 Å². The number of carbonyl (C=O) groups is 2. The van der Waals surface area contributed by atoms with Gasteiger partial charge in [-0.3, -0.25) is 4.79 Å². The van der Waals surface area contributed by atoms with Crippen molar-refractivity contribution in [3.05, 3.63) is 0 Å². The van der Waals surface area contributed by atoms with Gasteiger partial charge in [0.2, 0.25) is 5.91 Å². The molecule has 94 valence electrons. The lowest BCUT2D eigenvalue weighted by atomic mass is 10.5. The van der Waals surface area contributed by atoms with Crippen molar-refractivity contribution >= 4 is 12.0 Å². The Morgan fingerprint density at radius 1 is 1.38 bits per heavy atom. The third-order valence-electron chi connectivity index (χ3n) is 1.64. The number of nitrogens with one attached hydrogen (secondary N) is 1. The summed E-state index contributed by atoms with van der Waals surface area (Å²) in [6.07, 6.45) is -0.643. The molecule has 0 aromatic heterocycles. The lowest BCUT2D eigenvalue weighted by Crippen LogP contribution is -2.39. The Balaban J connectivity index is 3.71. The van der Waals surface area contributed by atoms with Gasteiger partial charge >= 0.3 is 6.09 Å². The monoisotopic (exact) mass is 234 g/mol. The molecule has 0 aromatic rings. The largest absolute Gasteiger partial charge is 0.447 e. The summed E-state index contributed by atoms with van der Waals surface area (Å²) in [5.41, 5.74) is 0. The lowest BCUT2D eigenvalue weighted by Gasteiger charge is -2.16. The molecule has 16 heavy (non-hydrogen) atoms. The van der Waals surface area contributed by atoms with E-state index in [2.05, 4.69) is 10.1 Å². The molecule has 0 heterocycles. The third-order valence-corrected chi connectivity index (χ3v) is 1.64. The molecule has 0 saturated heterocycles. The molecule has 0 atom stereocenters. The smallest absolute Gasteiger partial charge is 0.410 e. The fourth-order valence-corrected chi connectivity index (χ4v) is 0.872. The van der Waals surface area contributed by atoms with E-state index >= 15 is 0 Å². The first-order chi connectivity index (χ1) is 7.61. The molecule has 0 aliphatic heterocycles. The van der Waals surface area contributed by atoms with Gasteiger partial charge in [0.1, 0.15) is 13.2 Å². The Hall–Kier alpha value is -1.34.